The number of ether oxygens (including phenoxy) is 1. The van der Waals surface area contributed by atoms with Crippen molar-refractivity contribution in [2.45, 2.75) is 6.92 Å². The van der Waals surface area contributed by atoms with Crippen molar-refractivity contribution in [1.82, 2.24) is 9.78 Å². The molecule has 0 aliphatic rings. The first-order valence-electron chi connectivity index (χ1n) is 9.20. The Morgan fingerprint density at radius 1 is 0.967 bits per heavy atom. The summed E-state index contributed by atoms with van der Waals surface area (Å²) in [7, 11) is 0. The summed E-state index contributed by atoms with van der Waals surface area (Å²) in [6, 6.07) is 24.1. The standard InChI is InChI=1S/C23H17N3O4/c1-16-7-9-18(10-8-16)23(27)30-22-15-21(17-5-3-2-4-6-17)24-25(22)19-11-13-20(14-12-19)26(28)29/h2-15H,1H3. The average Bonchev–Trinajstić information content (AvgIpc) is 3.18. The van der Waals surface area contributed by atoms with Gasteiger partial charge in [-0.15, -0.1) is 0 Å². The zero-order valence-corrected chi connectivity index (χ0v) is 16.1. The van der Waals surface area contributed by atoms with Crippen LogP contribution in [0.1, 0.15) is 15.9 Å². The smallest absolute Gasteiger partial charge is 0.344 e. The fraction of sp³-hybridized carbons (Fsp3) is 0.0435. The van der Waals surface area contributed by atoms with E-state index in [-0.39, 0.29) is 11.6 Å². The maximum absolute atomic E-state index is 12.6. The number of nitro groups is 1. The lowest BCUT2D eigenvalue weighted by Gasteiger charge is -2.08. The molecule has 4 rings (SSSR count). The van der Waals surface area contributed by atoms with E-state index in [1.165, 1.54) is 16.8 Å². The number of non-ortho nitro benzene ring substituents is 1. The SMILES string of the molecule is Cc1ccc(C(=O)Oc2cc(-c3ccccc3)nn2-c2ccc([N+](=O)[O-])cc2)cc1. The molecule has 0 saturated heterocycles. The maximum Gasteiger partial charge on any atom is 0.344 e. The first-order chi connectivity index (χ1) is 14.5. The number of hydrogen-bond donors (Lipinski definition) is 0. The molecule has 0 N–H and O–H groups in total. The lowest BCUT2D eigenvalue weighted by molar-refractivity contribution is -0.384. The van der Waals surface area contributed by atoms with Gasteiger partial charge >= 0.3 is 5.97 Å². The zero-order valence-electron chi connectivity index (χ0n) is 16.1. The zero-order chi connectivity index (χ0) is 21.1. The molecule has 30 heavy (non-hydrogen) atoms. The molecule has 0 saturated carbocycles. The molecule has 7 nitrogen and oxygen atoms in total. The fourth-order valence-corrected chi connectivity index (χ4v) is 2.93. The van der Waals surface area contributed by atoms with Crippen LogP contribution in [-0.4, -0.2) is 20.7 Å². The van der Waals surface area contributed by atoms with E-state index in [9.17, 15) is 14.9 Å². The average molecular weight is 399 g/mol. The highest BCUT2D eigenvalue weighted by molar-refractivity contribution is 5.91. The van der Waals surface area contributed by atoms with Crippen LogP contribution < -0.4 is 4.74 Å². The van der Waals surface area contributed by atoms with Crippen LogP contribution in [0.15, 0.2) is 84.9 Å². The number of aryl methyl sites for hydroxylation is 1. The molecule has 1 aromatic heterocycles. The van der Waals surface area contributed by atoms with E-state index in [2.05, 4.69) is 5.10 Å². The third-order valence-corrected chi connectivity index (χ3v) is 4.54. The minimum Gasteiger partial charge on any atom is -0.404 e. The molecule has 4 aromatic rings. The van der Waals surface area contributed by atoms with Crippen LogP contribution in [0, 0.1) is 17.0 Å². The van der Waals surface area contributed by atoms with E-state index in [1.54, 1.807) is 30.3 Å². The summed E-state index contributed by atoms with van der Waals surface area (Å²) in [6.45, 7) is 1.94. The van der Waals surface area contributed by atoms with E-state index in [0.29, 0.717) is 16.9 Å². The number of nitro benzene ring substituents is 1. The Balaban J connectivity index is 1.73. The monoisotopic (exact) mass is 399 g/mol. The van der Waals surface area contributed by atoms with E-state index in [1.807, 2.05) is 49.4 Å². The van der Waals surface area contributed by atoms with Crippen molar-refractivity contribution in [2.24, 2.45) is 0 Å². The molecular formula is C23H17N3O4. The van der Waals surface area contributed by atoms with Crippen LogP contribution in [0.3, 0.4) is 0 Å². The Morgan fingerprint density at radius 3 is 2.27 bits per heavy atom. The highest BCUT2D eigenvalue weighted by Crippen LogP contribution is 2.27. The van der Waals surface area contributed by atoms with Gasteiger partial charge in [0, 0.05) is 23.8 Å². The van der Waals surface area contributed by atoms with Gasteiger partial charge in [0.25, 0.3) is 5.69 Å². The van der Waals surface area contributed by atoms with Crippen LogP contribution >= 0.6 is 0 Å². The quantitative estimate of drug-likeness (QED) is 0.268. The number of hydrogen-bond acceptors (Lipinski definition) is 5. The van der Waals surface area contributed by atoms with Gasteiger partial charge in [-0.05, 0) is 31.2 Å². The molecule has 0 spiro atoms. The Morgan fingerprint density at radius 2 is 1.63 bits per heavy atom. The second-order valence-corrected chi connectivity index (χ2v) is 6.67. The number of aromatic nitrogens is 2. The minimum absolute atomic E-state index is 0.0348. The molecule has 0 unspecified atom stereocenters. The summed E-state index contributed by atoms with van der Waals surface area (Å²) in [5, 5.41) is 15.5. The van der Waals surface area contributed by atoms with Crippen LogP contribution in [-0.2, 0) is 0 Å². The van der Waals surface area contributed by atoms with Crippen molar-refractivity contribution >= 4 is 11.7 Å². The Hall–Kier alpha value is -4.26. The van der Waals surface area contributed by atoms with E-state index in [0.717, 1.165) is 11.1 Å². The Kier molecular flexibility index (Phi) is 5.09. The van der Waals surface area contributed by atoms with Gasteiger partial charge in [0.15, 0.2) is 0 Å². The number of carbonyl (C=O) groups excluding carboxylic acids is 1. The first-order valence-corrected chi connectivity index (χ1v) is 9.20. The van der Waals surface area contributed by atoms with E-state index in [4.69, 9.17) is 4.74 Å². The van der Waals surface area contributed by atoms with E-state index < -0.39 is 10.9 Å². The maximum atomic E-state index is 12.6. The number of rotatable bonds is 5. The summed E-state index contributed by atoms with van der Waals surface area (Å²) in [5.74, 6) is -0.300. The molecule has 0 amide bonds. The van der Waals surface area contributed by atoms with Gasteiger partial charge in [-0.25, -0.2) is 4.79 Å². The molecule has 0 aliphatic heterocycles. The summed E-state index contributed by atoms with van der Waals surface area (Å²) in [5.41, 5.74) is 3.42. The minimum atomic E-state index is -0.516. The molecule has 0 atom stereocenters. The molecule has 3 aromatic carbocycles. The number of nitrogens with zero attached hydrogens (tertiary/aromatic N) is 3. The third kappa shape index (κ3) is 3.95. The van der Waals surface area contributed by atoms with E-state index >= 15 is 0 Å². The summed E-state index contributed by atoms with van der Waals surface area (Å²) in [4.78, 5) is 23.1. The Bertz CT molecular complexity index is 1200. The van der Waals surface area contributed by atoms with Crippen LogP contribution in [0.4, 0.5) is 5.69 Å². The lowest BCUT2D eigenvalue weighted by atomic mass is 10.1. The summed E-state index contributed by atoms with van der Waals surface area (Å²) in [6.07, 6.45) is 0. The van der Waals surface area contributed by atoms with Crippen molar-refractivity contribution in [2.75, 3.05) is 0 Å². The van der Waals surface area contributed by atoms with Gasteiger partial charge in [0.05, 0.1) is 21.9 Å². The van der Waals surface area contributed by atoms with Gasteiger partial charge in [-0.1, -0.05) is 48.0 Å². The van der Waals surface area contributed by atoms with Crippen molar-refractivity contribution in [3.05, 3.63) is 106 Å². The van der Waals surface area contributed by atoms with Crippen LogP contribution in [0.25, 0.3) is 16.9 Å². The molecular weight excluding hydrogens is 382 g/mol. The van der Waals surface area contributed by atoms with Crippen molar-refractivity contribution in [1.29, 1.82) is 0 Å². The number of carbonyl (C=O) groups is 1. The second kappa shape index (κ2) is 8.00. The molecule has 0 bridgehead atoms. The predicted molar refractivity (Wildman–Crippen MR) is 112 cm³/mol. The molecule has 0 aliphatic carbocycles. The molecule has 0 fully saturated rings. The number of benzene rings is 3. The van der Waals surface area contributed by atoms with Crippen molar-refractivity contribution in [3.8, 4) is 22.8 Å². The van der Waals surface area contributed by atoms with Gasteiger partial charge in [0.1, 0.15) is 0 Å². The predicted octanol–water partition coefficient (Wildman–Crippen LogP) is 4.98. The van der Waals surface area contributed by atoms with Crippen LogP contribution in [0.2, 0.25) is 0 Å². The lowest BCUT2D eigenvalue weighted by Crippen LogP contribution is -2.11. The topological polar surface area (TPSA) is 87.3 Å². The van der Waals surface area contributed by atoms with Crippen LogP contribution in [0.5, 0.6) is 5.88 Å². The highest BCUT2D eigenvalue weighted by atomic mass is 16.6. The molecule has 0 radical (unpaired) electrons. The number of esters is 1. The van der Waals surface area contributed by atoms with Gasteiger partial charge < -0.3 is 4.74 Å². The summed E-state index contributed by atoms with van der Waals surface area (Å²) >= 11 is 0. The van der Waals surface area contributed by atoms with Gasteiger partial charge in [-0.2, -0.15) is 9.78 Å². The first kappa shape index (κ1) is 19.1. The highest BCUT2D eigenvalue weighted by Gasteiger charge is 2.17. The molecule has 1 heterocycles. The van der Waals surface area contributed by atoms with Gasteiger partial charge in [-0.3, -0.25) is 10.1 Å². The normalized spacial score (nSPS) is 10.6. The van der Waals surface area contributed by atoms with Crippen molar-refractivity contribution < 1.29 is 14.5 Å². The largest absolute Gasteiger partial charge is 0.404 e. The van der Waals surface area contributed by atoms with Gasteiger partial charge in [0.2, 0.25) is 5.88 Å². The van der Waals surface area contributed by atoms with Crippen molar-refractivity contribution in [3.63, 3.8) is 0 Å². The third-order valence-electron chi connectivity index (χ3n) is 4.54. The second-order valence-electron chi connectivity index (χ2n) is 6.67. The Labute approximate surface area is 172 Å². The fourth-order valence-electron chi connectivity index (χ4n) is 2.93. The molecule has 148 valence electrons. The summed E-state index contributed by atoms with van der Waals surface area (Å²) < 4.78 is 7.09. The molecule has 7 heteroatoms.